The molecular formula is C22H24N6O2. The van der Waals surface area contributed by atoms with Crippen LogP contribution in [0, 0.1) is 12.8 Å². The molecule has 8 nitrogen and oxygen atoms in total. The monoisotopic (exact) mass is 404 g/mol. The van der Waals surface area contributed by atoms with Crippen molar-refractivity contribution in [3.63, 3.8) is 0 Å². The summed E-state index contributed by atoms with van der Waals surface area (Å²) in [6.07, 6.45) is 5.40. The molecular weight excluding hydrogens is 380 g/mol. The minimum Gasteiger partial charge on any atom is -0.311 e. The smallest absolute Gasteiger partial charge is 0.228 e. The summed E-state index contributed by atoms with van der Waals surface area (Å²) in [7, 11) is 0. The second kappa shape index (κ2) is 8.44. The van der Waals surface area contributed by atoms with Crippen LogP contribution in [0.15, 0.2) is 48.9 Å². The fourth-order valence-electron chi connectivity index (χ4n) is 3.60. The topological polar surface area (TPSA) is 93.0 Å². The predicted octanol–water partition coefficient (Wildman–Crippen LogP) is 3.05. The van der Waals surface area contributed by atoms with Crippen LogP contribution in [-0.4, -0.2) is 38.1 Å². The lowest BCUT2D eigenvalue weighted by Gasteiger charge is -2.31. The van der Waals surface area contributed by atoms with Gasteiger partial charge in [-0.1, -0.05) is 13.0 Å². The number of fused-ring (bicyclic) bond motifs is 1. The van der Waals surface area contributed by atoms with E-state index in [0.717, 1.165) is 29.2 Å². The van der Waals surface area contributed by atoms with Gasteiger partial charge in [0.05, 0.1) is 5.69 Å². The summed E-state index contributed by atoms with van der Waals surface area (Å²) in [5.41, 5.74) is 2.76. The van der Waals surface area contributed by atoms with Crippen LogP contribution in [0.3, 0.4) is 0 Å². The van der Waals surface area contributed by atoms with Crippen LogP contribution in [0.2, 0.25) is 0 Å². The zero-order valence-electron chi connectivity index (χ0n) is 17.1. The van der Waals surface area contributed by atoms with Crippen LogP contribution in [-0.2, 0) is 16.1 Å². The highest BCUT2D eigenvalue weighted by atomic mass is 16.2. The van der Waals surface area contributed by atoms with Gasteiger partial charge in [-0.05, 0) is 31.0 Å². The van der Waals surface area contributed by atoms with Gasteiger partial charge in [0.15, 0.2) is 0 Å². The average Bonchev–Trinajstić information content (AvgIpc) is 3.12. The standard InChI is InChI=1S/C22H24N6O2/c1-15-13-27(21-10-16(2)26-28(21)14-15)22(30)8-7-20(29)25-19-6-5-18(12-24-19)17-4-3-9-23-11-17/h3-6,9-12,15H,7-8,13-14H2,1-2H3,(H,24,25,29)/t15-/m0/s1. The molecule has 0 saturated heterocycles. The first kappa shape index (κ1) is 19.8. The van der Waals surface area contributed by atoms with Gasteiger partial charge in [0, 0.05) is 61.7 Å². The zero-order valence-corrected chi connectivity index (χ0v) is 17.1. The van der Waals surface area contributed by atoms with Crippen molar-refractivity contribution < 1.29 is 9.59 Å². The normalized spacial score (nSPS) is 15.5. The summed E-state index contributed by atoms with van der Waals surface area (Å²) in [5.74, 6) is 1.28. The third-order valence-corrected chi connectivity index (χ3v) is 5.03. The van der Waals surface area contributed by atoms with E-state index in [9.17, 15) is 9.59 Å². The van der Waals surface area contributed by atoms with E-state index in [1.54, 1.807) is 29.6 Å². The molecule has 0 aliphatic carbocycles. The van der Waals surface area contributed by atoms with E-state index in [4.69, 9.17) is 0 Å². The van der Waals surface area contributed by atoms with Crippen LogP contribution >= 0.6 is 0 Å². The summed E-state index contributed by atoms with van der Waals surface area (Å²) in [6, 6.07) is 9.35. The molecule has 4 rings (SSSR count). The number of nitrogens with one attached hydrogen (secondary N) is 1. The van der Waals surface area contributed by atoms with Crippen molar-refractivity contribution in [1.29, 1.82) is 0 Å². The largest absolute Gasteiger partial charge is 0.311 e. The molecule has 30 heavy (non-hydrogen) atoms. The summed E-state index contributed by atoms with van der Waals surface area (Å²) in [4.78, 5) is 35.2. The first-order valence-corrected chi connectivity index (χ1v) is 10.0. The van der Waals surface area contributed by atoms with E-state index in [2.05, 4.69) is 27.3 Å². The zero-order chi connectivity index (χ0) is 21.1. The van der Waals surface area contributed by atoms with Crippen molar-refractivity contribution in [3.05, 3.63) is 54.6 Å². The Balaban J connectivity index is 1.33. The molecule has 154 valence electrons. The van der Waals surface area contributed by atoms with E-state index in [-0.39, 0.29) is 24.7 Å². The fourth-order valence-corrected chi connectivity index (χ4v) is 3.60. The molecule has 1 atom stereocenters. The maximum Gasteiger partial charge on any atom is 0.228 e. The lowest BCUT2D eigenvalue weighted by atomic mass is 10.1. The Hall–Kier alpha value is -3.55. The predicted molar refractivity (Wildman–Crippen MR) is 114 cm³/mol. The molecule has 0 unspecified atom stereocenters. The first-order chi connectivity index (χ1) is 14.5. The molecule has 0 fully saturated rings. The molecule has 0 spiro atoms. The van der Waals surface area contributed by atoms with Crippen LogP contribution < -0.4 is 10.2 Å². The van der Waals surface area contributed by atoms with Gasteiger partial charge < -0.3 is 5.32 Å². The first-order valence-electron chi connectivity index (χ1n) is 10.0. The molecule has 3 aromatic rings. The SMILES string of the molecule is Cc1cc2n(n1)C[C@@H](C)CN2C(=O)CCC(=O)Nc1ccc(-c2cccnc2)cn1. The van der Waals surface area contributed by atoms with Crippen molar-refractivity contribution in [2.45, 2.75) is 33.2 Å². The Morgan fingerprint density at radius 3 is 2.70 bits per heavy atom. The number of anilines is 2. The quantitative estimate of drug-likeness (QED) is 0.705. The average molecular weight is 404 g/mol. The second-order valence-electron chi connectivity index (χ2n) is 7.66. The molecule has 0 bridgehead atoms. The van der Waals surface area contributed by atoms with Crippen LogP contribution in [0.1, 0.15) is 25.5 Å². The number of carbonyl (C=O) groups is 2. The van der Waals surface area contributed by atoms with Gasteiger partial charge >= 0.3 is 0 Å². The van der Waals surface area contributed by atoms with E-state index in [0.29, 0.717) is 18.3 Å². The maximum absolute atomic E-state index is 12.8. The number of pyridine rings is 2. The molecule has 0 aromatic carbocycles. The third-order valence-electron chi connectivity index (χ3n) is 5.03. The summed E-state index contributed by atoms with van der Waals surface area (Å²) in [6.45, 7) is 5.45. The second-order valence-corrected chi connectivity index (χ2v) is 7.66. The number of amides is 2. The van der Waals surface area contributed by atoms with Gasteiger partial charge in [-0.2, -0.15) is 5.10 Å². The molecule has 1 N–H and O–H groups in total. The van der Waals surface area contributed by atoms with Crippen LogP contribution in [0.5, 0.6) is 0 Å². The summed E-state index contributed by atoms with van der Waals surface area (Å²) < 4.78 is 1.87. The molecule has 8 heteroatoms. The minimum absolute atomic E-state index is 0.0715. The van der Waals surface area contributed by atoms with E-state index >= 15 is 0 Å². The highest BCUT2D eigenvalue weighted by Crippen LogP contribution is 2.25. The minimum atomic E-state index is -0.236. The maximum atomic E-state index is 12.8. The van der Waals surface area contributed by atoms with E-state index in [1.165, 1.54) is 0 Å². The number of aromatic nitrogens is 4. The van der Waals surface area contributed by atoms with Gasteiger partial charge in [-0.15, -0.1) is 0 Å². The van der Waals surface area contributed by atoms with Gasteiger partial charge in [0.1, 0.15) is 11.6 Å². The van der Waals surface area contributed by atoms with Gasteiger partial charge in [0.25, 0.3) is 0 Å². The van der Waals surface area contributed by atoms with Gasteiger partial charge in [0.2, 0.25) is 11.8 Å². The highest BCUT2D eigenvalue weighted by Gasteiger charge is 2.27. The number of carbonyl (C=O) groups excluding carboxylic acids is 2. The van der Waals surface area contributed by atoms with Crippen molar-refractivity contribution in [1.82, 2.24) is 19.7 Å². The van der Waals surface area contributed by atoms with Crippen molar-refractivity contribution in [2.24, 2.45) is 5.92 Å². The molecule has 1 aliphatic rings. The van der Waals surface area contributed by atoms with E-state index < -0.39 is 0 Å². The molecule has 0 saturated carbocycles. The Morgan fingerprint density at radius 1 is 1.13 bits per heavy atom. The lowest BCUT2D eigenvalue weighted by Crippen LogP contribution is -2.41. The molecule has 2 amide bonds. The van der Waals surface area contributed by atoms with E-state index in [1.807, 2.05) is 35.9 Å². The lowest BCUT2D eigenvalue weighted by molar-refractivity contribution is -0.122. The Kier molecular flexibility index (Phi) is 5.56. The number of rotatable bonds is 5. The number of nitrogens with zero attached hydrogens (tertiary/aromatic N) is 5. The van der Waals surface area contributed by atoms with Crippen molar-refractivity contribution >= 4 is 23.5 Å². The molecule has 3 aromatic heterocycles. The molecule has 4 heterocycles. The van der Waals surface area contributed by atoms with Gasteiger partial charge in [-0.25, -0.2) is 9.67 Å². The van der Waals surface area contributed by atoms with Gasteiger partial charge in [-0.3, -0.25) is 19.5 Å². The molecule has 0 radical (unpaired) electrons. The number of aryl methyl sites for hydroxylation is 1. The number of hydrogen-bond donors (Lipinski definition) is 1. The Bertz CT molecular complexity index is 1050. The number of hydrogen-bond acceptors (Lipinski definition) is 5. The third kappa shape index (κ3) is 4.37. The highest BCUT2D eigenvalue weighted by molar-refractivity contribution is 5.97. The summed E-state index contributed by atoms with van der Waals surface area (Å²) in [5, 5.41) is 7.20. The Morgan fingerprint density at radius 2 is 1.97 bits per heavy atom. The molecule has 1 aliphatic heterocycles. The van der Waals surface area contributed by atoms with Crippen molar-refractivity contribution in [2.75, 3.05) is 16.8 Å². The van der Waals surface area contributed by atoms with Crippen LogP contribution in [0.25, 0.3) is 11.1 Å². The summed E-state index contributed by atoms with van der Waals surface area (Å²) >= 11 is 0. The fraction of sp³-hybridized carbons (Fsp3) is 0.318. The van der Waals surface area contributed by atoms with Crippen LogP contribution in [0.4, 0.5) is 11.6 Å². The Labute approximate surface area is 175 Å². The van der Waals surface area contributed by atoms with Crippen molar-refractivity contribution in [3.8, 4) is 11.1 Å².